The van der Waals surface area contributed by atoms with Gasteiger partial charge in [0.05, 0.1) is 11.0 Å². The molecule has 1 aromatic rings. The van der Waals surface area contributed by atoms with Gasteiger partial charge in [-0.1, -0.05) is 38.0 Å². The van der Waals surface area contributed by atoms with E-state index in [0.717, 1.165) is 57.9 Å². The Morgan fingerprint density at radius 3 is 2.85 bits per heavy atom. The van der Waals surface area contributed by atoms with Crippen LogP contribution >= 0.6 is 0 Å². The summed E-state index contributed by atoms with van der Waals surface area (Å²) in [6, 6.07) is 4.34. The van der Waals surface area contributed by atoms with Gasteiger partial charge in [0.2, 0.25) is 0 Å². The lowest BCUT2D eigenvalue weighted by molar-refractivity contribution is -0.157. The van der Waals surface area contributed by atoms with E-state index < -0.39 is 11.2 Å². The average Bonchev–Trinajstić information content (AvgIpc) is 3.19. The normalized spacial score (nSPS) is 42.6. The third-order valence-electron chi connectivity index (χ3n) is 10.4. The standard InChI is InChI=1S/C28H39NO4/c1-5-10-25(2,31)19-7-6-11-26-12-13-27(17-19,32-4)24-28(26)14-15-29(3)21(26)16-18-8-9-20(30)23(33-24)22(18)28/h8-9,12-13,19,21,24,30-31H,5-7,10-11,14-17H2,1-4H3/t19?,21-,24+,25+,26?,27?,28+/m1/s1. The minimum atomic E-state index is -0.734. The minimum absolute atomic E-state index is 0.0513. The van der Waals surface area contributed by atoms with E-state index in [0.29, 0.717) is 11.8 Å². The van der Waals surface area contributed by atoms with E-state index in [1.807, 2.05) is 13.0 Å². The molecule has 180 valence electrons. The lowest BCUT2D eigenvalue weighted by Crippen LogP contribution is -2.73. The molecule has 2 heterocycles. The number of piperidine rings is 1. The monoisotopic (exact) mass is 453 g/mol. The predicted molar refractivity (Wildman–Crippen MR) is 128 cm³/mol. The van der Waals surface area contributed by atoms with Gasteiger partial charge in [0, 0.05) is 24.1 Å². The second kappa shape index (κ2) is 6.99. The minimum Gasteiger partial charge on any atom is -0.504 e. The quantitative estimate of drug-likeness (QED) is 0.665. The van der Waals surface area contributed by atoms with Gasteiger partial charge < -0.3 is 24.6 Å². The first-order valence-corrected chi connectivity index (χ1v) is 12.9. The molecule has 6 aliphatic rings. The van der Waals surface area contributed by atoms with Crippen molar-refractivity contribution in [3.63, 3.8) is 0 Å². The van der Waals surface area contributed by atoms with Crippen LogP contribution in [-0.2, 0) is 16.6 Å². The molecule has 1 saturated carbocycles. The Kier molecular flexibility index (Phi) is 4.65. The Bertz CT molecular complexity index is 1000. The Balaban J connectivity index is 1.60. The van der Waals surface area contributed by atoms with Crippen molar-refractivity contribution < 1.29 is 19.7 Å². The fourth-order valence-electron chi connectivity index (χ4n) is 8.88. The molecule has 2 spiro atoms. The van der Waals surface area contributed by atoms with Crippen LogP contribution in [0.25, 0.3) is 0 Å². The SMILES string of the molecule is CCC[C@](C)(O)C1CCCC23C=CC(OC)(C1)[C@@H]1Oc4c(O)ccc5c4[C@@]12CCN(C)[C@@H]3C5. The first-order chi connectivity index (χ1) is 15.7. The Morgan fingerprint density at radius 2 is 2.09 bits per heavy atom. The van der Waals surface area contributed by atoms with Gasteiger partial charge in [-0.2, -0.15) is 0 Å². The highest BCUT2D eigenvalue weighted by atomic mass is 16.6. The van der Waals surface area contributed by atoms with Gasteiger partial charge in [0.15, 0.2) is 11.5 Å². The second-order valence-corrected chi connectivity index (χ2v) is 11.8. The summed E-state index contributed by atoms with van der Waals surface area (Å²) in [6.45, 7) is 5.18. The van der Waals surface area contributed by atoms with Gasteiger partial charge in [-0.15, -0.1) is 0 Å². The molecule has 7 atom stereocenters. The number of nitrogens with zero attached hydrogens (tertiary/aromatic N) is 1. The van der Waals surface area contributed by atoms with E-state index >= 15 is 0 Å². The van der Waals surface area contributed by atoms with Crippen LogP contribution in [0.2, 0.25) is 0 Å². The van der Waals surface area contributed by atoms with Crippen LogP contribution in [0.4, 0.5) is 0 Å². The molecule has 0 radical (unpaired) electrons. The molecule has 4 aliphatic carbocycles. The number of rotatable bonds is 4. The highest BCUT2D eigenvalue weighted by molar-refractivity contribution is 5.64. The fourth-order valence-corrected chi connectivity index (χ4v) is 8.88. The molecule has 1 saturated heterocycles. The average molecular weight is 454 g/mol. The van der Waals surface area contributed by atoms with Crippen molar-refractivity contribution in [2.75, 3.05) is 20.7 Å². The third-order valence-corrected chi connectivity index (χ3v) is 10.4. The number of benzene rings is 1. The fraction of sp³-hybridized carbons (Fsp3) is 0.714. The van der Waals surface area contributed by atoms with E-state index in [4.69, 9.17) is 9.47 Å². The lowest BCUT2D eigenvalue weighted by Gasteiger charge is -2.66. The van der Waals surface area contributed by atoms with Crippen LogP contribution in [0.3, 0.4) is 0 Å². The zero-order valence-electron chi connectivity index (χ0n) is 20.6. The number of hydrogen-bond donors (Lipinski definition) is 2. The largest absolute Gasteiger partial charge is 0.504 e. The number of phenolic OH excluding ortho intramolecular Hbond substituents is 1. The highest BCUT2D eigenvalue weighted by Gasteiger charge is 2.74. The Morgan fingerprint density at radius 1 is 1.27 bits per heavy atom. The number of aromatic hydroxyl groups is 1. The van der Waals surface area contributed by atoms with Crippen molar-refractivity contribution in [2.24, 2.45) is 11.3 Å². The number of fused-ring (bicyclic) bond motifs is 4. The summed E-state index contributed by atoms with van der Waals surface area (Å²) >= 11 is 0. The molecule has 1 aromatic carbocycles. The summed E-state index contributed by atoms with van der Waals surface area (Å²) in [7, 11) is 4.08. The molecule has 33 heavy (non-hydrogen) atoms. The van der Waals surface area contributed by atoms with Gasteiger partial charge in [-0.05, 0) is 76.6 Å². The zero-order valence-corrected chi connectivity index (χ0v) is 20.6. The van der Waals surface area contributed by atoms with Gasteiger partial charge >= 0.3 is 0 Å². The van der Waals surface area contributed by atoms with Gasteiger partial charge in [0.1, 0.15) is 11.7 Å². The van der Waals surface area contributed by atoms with Crippen molar-refractivity contribution in [1.29, 1.82) is 0 Å². The number of likely N-dealkylation sites (N-methyl/N-ethyl adjacent to an activating group) is 1. The first-order valence-electron chi connectivity index (χ1n) is 12.9. The van der Waals surface area contributed by atoms with Crippen LogP contribution in [0.5, 0.6) is 11.5 Å². The van der Waals surface area contributed by atoms with E-state index in [1.54, 1.807) is 7.11 Å². The molecule has 4 bridgehead atoms. The summed E-state index contributed by atoms with van der Waals surface area (Å²) in [5.41, 5.74) is 0.957. The molecule has 3 unspecified atom stereocenters. The van der Waals surface area contributed by atoms with Crippen molar-refractivity contribution >= 4 is 0 Å². The highest BCUT2D eigenvalue weighted by Crippen LogP contribution is 2.71. The number of phenols is 1. The van der Waals surface area contributed by atoms with Gasteiger partial charge in [-0.25, -0.2) is 0 Å². The van der Waals surface area contributed by atoms with Crippen LogP contribution < -0.4 is 4.74 Å². The van der Waals surface area contributed by atoms with E-state index in [9.17, 15) is 10.2 Å². The maximum absolute atomic E-state index is 11.5. The first kappa shape index (κ1) is 21.9. The molecule has 2 aliphatic heterocycles. The van der Waals surface area contributed by atoms with Gasteiger partial charge in [-0.3, -0.25) is 0 Å². The lowest BCUT2D eigenvalue weighted by atomic mass is 9.42. The summed E-state index contributed by atoms with van der Waals surface area (Å²) in [5.74, 6) is 1.07. The van der Waals surface area contributed by atoms with Crippen LogP contribution in [-0.4, -0.2) is 59.2 Å². The zero-order chi connectivity index (χ0) is 23.2. The van der Waals surface area contributed by atoms with Crippen LogP contribution in [0.15, 0.2) is 24.3 Å². The number of likely N-dealkylation sites (tertiary alicyclic amines) is 1. The van der Waals surface area contributed by atoms with E-state index in [2.05, 4.69) is 37.1 Å². The van der Waals surface area contributed by atoms with E-state index in [1.165, 1.54) is 11.1 Å². The Hall–Kier alpha value is -1.56. The summed E-state index contributed by atoms with van der Waals surface area (Å²) in [5, 5.41) is 22.5. The topological polar surface area (TPSA) is 62.2 Å². The number of aliphatic hydroxyl groups is 1. The number of ether oxygens (including phenoxy) is 2. The summed E-state index contributed by atoms with van der Waals surface area (Å²) < 4.78 is 13.3. The molecule has 2 fully saturated rings. The third kappa shape index (κ3) is 2.54. The van der Waals surface area contributed by atoms with Crippen LogP contribution in [0, 0.1) is 11.3 Å². The molecular formula is C28H39NO4. The smallest absolute Gasteiger partial charge is 0.165 e. The van der Waals surface area contributed by atoms with Crippen molar-refractivity contribution in [3.05, 3.63) is 35.4 Å². The summed E-state index contributed by atoms with van der Waals surface area (Å²) in [6.07, 6.45) is 12.2. The van der Waals surface area contributed by atoms with Crippen molar-refractivity contribution in [2.45, 2.75) is 94.0 Å². The van der Waals surface area contributed by atoms with Gasteiger partial charge in [0.25, 0.3) is 0 Å². The van der Waals surface area contributed by atoms with Crippen molar-refractivity contribution in [3.8, 4) is 11.5 Å². The van der Waals surface area contributed by atoms with Crippen LogP contribution in [0.1, 0.15) is 69.9 Å². The molecule has 0 aromatic heterocycles. The maximum atomic E-state index is 11.5. The maximum Gasteiger partial charge on any atom is 0.165 e. The molecular weight excluding hydrogens is 414 g/mol. The number of hydrogen-bond acceptors (Lipinski definition) is 5. The number of methoxy groups -OCH3 is 1. The Labute approximate surface area is 197 Å². The molecule has 2 N–H and O–H groups in total. The summed E-state index contributed by atoms with van der Waals surface area (Å²) in [4.78, 5) is 2.56. The second-order valence-electron chi connectivity index (χ2n) is 11.8. The molecule has 7 rings (SSSR count). The molecule has 0 amide bonds. The van der Waals surface area contributed by atoms with E-state index in [-0.39, 0.29) is 28.6 Å². The molecule has 5 nitrogen and oxygen atoms in total. The molecule has 5 heteroatoms. The van der Waals surface area contributed by atoms with Crippen molar-refractivity contribution in [1.82, 2.24) is 4.90 Å². The predicted octanol–water partition coefficient (Wildman–Crippen LogP) is 4.33.